The maximum atomic E-state index is 12.3. The molecule has 1 atom stereocenters. The van der Waals surface area contributed by atoms with E-state index in [1.165, 1.54) is 0 Å². The van der Waals surface area contributed by atoms with Crippen LogP contribution in [0.15, 0.2) is 12.1 Å². The van der Waals surface area contributed by atoms with E-state index in [9.17, 15) is 4.79 Å². The van der Waals surface area contributed by atoms with Crippen molar-refractivity contribution in [2.45, 2.75) is 45.4 Å². The lowest BCUT2D eigenvalue weighted by Gasteiger charge is -2.26. The number of halogens is 2. The molecule has 1 heterocycles. The fourth-order valence-corrected chi connectivity index (χ4v) is 2.73. The molecule has 0 aromatic heterocycles. The third kappa shape index (κ3) is 3.82. The van der Waals surface area contributed by atoms with Crippen molar-refractivity contribution in [2.24, 2.45) is 5.73 Å². The predicted octanol–water partition coefficient (Wildman–Crippen LogP) is 4.13. The summed E-state index contributed by atoms with van der Waals surface area (Å²) < 4.78 is 5.42. The van der Waals surface area contributed by atoms with Crippen molar-refractivity contribution in [3.05, 3.63) is 33.3 Å². The van der Waals surface area contributed by atoms with Crippen molar-refractivity contribution < 1.29 is 9.53 Å². The van der Waals surface area contributed by atoms with Gasteiger partial charge in [0, 0.05) is 12.6 Å². The van der Waals surface area contributed by atoms with Crippen LogP contribution in [0.3, 0.4) is 0 Å². The average Bonchev–Trinajstić information content (AvgIpc) is 2.52. The van der Waals surface area contributed by atoms with Gasteiger partial charge in [0.15, 0.2) is 0 Å². The van der Waals surface area contributed by atoms with Gasteiger partial charge < -0.3 is 15.4 Å². The van der Waals surface area contributed by atoms with Gasteiger partial charge in [0.05, 0.1) is 16.6 Å². The van der Waals surface area contributed by atoms with E-state index in [0.29, 0.717) is 29.6 Å². The number of rotatable bonds is 0. The van der Waals surface area contributed by atoms with Gasteiger partial charge in [-0.3, -0.25) is 0 Å². The minimum Gasteiger partial charge on any atom is -0.444 e. The van der Waals surface area contributed by atoms with Crippen LogP contribution in [0.5, 0.6) is 0 Å². The minimum atomic E-state index is -0.535. The normalized spacial score (nSPS) is 19.0. The standard InChI is InChI=1S/C15H20Cl2N2O2/c1-15(2,3)21-14(20)19-7-6-12(18)9-4-5-11(16)13(17)10(9)8-19/h4-5,12H,6-8,18H2,1-3H3/t12-/m1/s1. The van der Waals surface area contributed by atoms with Gasteiger partial charge in [0.2, 0.25) is 0 Å². The number of nitrogens with zero attached hydrogens (tertiary/aromatic N) is 1. The Morgan fingerprint density at radius 2 is 2.05 bits per heavy atom. The van der Waals surface area contributed by atoms with Crippen LogP contribution in [-0.4, -0.2) is 23.1 Å². The quantitative estimate of drug-likeness (QED) is 0.777. The largest absolute Gasteiger partial charge is 0.444 e. The first-order valence-corrected chi connectivity index (χ1v) is 7.65. The van der Waals surface area contributed by atoms with E-state index in [1.807, 2.05) is 26.8 Å². The Bertz CT molecular complexity index is 555. The maximum Gasteiger partial charge on any atom is 0.410 e. The highest BCUT2D eigenvalue weighted by atomic mass is 35.5. The Labute approximate surface area is 135 Å². The highest BCUT2D eigenvalue weighted by molar-refractivity contribution is 6.42. The number of hydrogen-bond acceptors (Lipinski definition) is 3. The van der Waals surface area contributed by atoms with Gasteiger partial charge in [-0.2, -0.15) is 0 Å². The number of benzene rings is 1. The first-order chi connectivity index (χ1) is 9.69. The van der Waals surface area contributed by atoms with E-state index in [-0.39, 0.29) is 12.1 Å². The highest BCUT2D eigenvalue weighted by Gasteiger charge is 2.28. The van der Waals surface area contributed by atoms with Crippen molar-refractivity contribution in [1.82, 2.24) is 4.90 Å². The van der Waals surface area contributed by atoms with Crippen molar-refractivity contribution in [3.63, 3.8) is 0 Å². The summed E-state index contributed by atoms with van der Waals surface area (Å²) in [5, 5.41) is 0.925. The van der Waals surface area contributed by atoms with Gasteiger partial charge in [-0.05, 0) is 44.4 Å². The smallest absolute Gasteiger partial charge is 0.410 e. The van der Waals surface area contributed by atoms with Crippen LogP contribution in [0.25, 0.3) is 0 Å². The van der Waals surface area contributed by atoms with Crippen LogP contribution in [-0.2, 0) is 11.3 Å². The van der Waals surface area contributed by atoms with Crippen molar-refractivity contribution in [1.29, 1.82) is 0 Å². The molecule has 1 amide bonds. The molecular weight excluding hydrogens is 311 g/mol. The Hall–Kier alpha value is -0.970. The topological polar surface area (TPSA) is 55.6 Å². The summed E-state index contributed by atoms with van der Waals surface area (Å²) in [6.07, 6.45) is 0.295. The number of fused-ring (bicyclic) bond motifs is 1. The number of carbonyl (C=O) groups is 1. The molecule has 116 valence electrons. The van der Waals surface area contributed by atoms with E-state index < -0.39 is 5.60 Å². The van der Waals surface area contributed by atoms with Crippen molar-refractivity contribution in [2.75, 3.05) is 6.54 Å². The van der Waals surface area contributed by atoms with Crippen LogP contribution in [0.1, 0.15) is 44.4 Å². The molecule has 0 aliphatic carbocycles. The van der Waals surface area contributed by atoms with Crippen LogP contribution in [0.2, 0.25) is 10.0 Å². The summed E-state index contributed by atoms with van der Waals surface area (Å²) in [4.78, 5) is 13.9. The zero-order valence-electron chi connectivity index (χ0n) is 12.5. The van der Waals surface area contributed by atoms with E-state index in [0.717, 1.165) is 11.1 Å². The SMILES string of the molecule is CC(C)(C)OC(=O)N1CC[C@@H](N)c2ccc(Cl)c(Cl)c2C1. The zero-order valence-corrected chi connectivity index (χ0v) is 14.0. The van der Waals surface area contributed by atoms with Crippen LogP contribution < -0.4 is 5.73 Å². The molecule has 0 fully saturated rings. The number of hydrogen-bond donors (Lipinski definition) is 1. The Kier molecular flexibility index (Phi) is 4.71. The number of nitrogens with two attached hydrogens (primary N) is 1. The third-order valence-corrected chi connectivity index (χ3v) is 4.19. The molecule has 1 aromatic rings. The Morgan fingerprint density at radius 1 is 1.38 bits per heavy atom. The molecular formula is C15H20Cl2N2O2. The van der Waals surface area contributed by atoms with Crippen molar-refractivity contribution >= 4 is 29.3 Å². The molecule has 6 heteroatoms. The first kappa shape index (κ1) is 16.4. The summed E-state index contributed by atoms with van der Waals surface area (Å²) in [6.45, 7) is 6.40. The zero-order chi connectivity index (χ0) is 15.8. The van der Waals surface area contributed by atoms with Crippen molar-refractivity contribution in [3.8, 4) is 0 Å². The Morgan fingerprint density at radius 3 is 2.67 bits per heavy atom. The molecule has 0 saturated heterocycles. The van der Waals surface area contributed by atoms with Crippen LogP contribution >= 0.6 is 23.2 Å². The van der Waals surface area contributed by atoms with E-state index in [1.54, 1.807) is 11.0 Å². The number of ether oxygens (including phenoxy) is 1. The summed E-state index contributed by atoms with van der Waals surface area (Å²) in [5.41, 5.74) is 7.38. The second-order valence-corrected chi connectivity index (χ2v) is 7.01. The summed E-state index contributed by atoms with van der Waals surface area (Å²) in [7, 11) is 0. The fourth-order valence-electron chi connectivity index (χ4n) is 2.32. The summed E-state index contributed by atoms with van der Waals surface area (Å²) in [5.74, 6) is 0. The lowest BCUT2D eigenvalue weighted by molar-refractivity contribution is 0.0235. The Balaban J connectivity index is 2.30. The van der Waals surface area contributed by atoms with Crippen LogP contribution in [0.4, 0.5) is 4.79 Å². The second-order valence-electron chi connectivity index (χ2n) is 6.23. The molecule has 0 spiro atoms. The maximum absolute atomic E-state index is 12.3. The molecule has 2 rings (SSSR count). The summed E-state index contributed by atoms with van der Waals surface area (Å²) in [6, 6.07) is 3.46. The minimum absolute atomic E-state index is 0.165. The van der Waals surface area contributed by atoms with Gasteiger partial charge in [-0.25, -0.2) is 4.79 Å². The average molecular weight is 331 g/mol. The molecule has 2 N–H and O–H groups in total. The fraction of sp³-hybridized carbons (Fsp3) is 0.533. The number of carbonyl (C=O) groups excluding carboxylic acids is 1. The van der Waals surface area contributed by atoms with Gasteiger partial charge >= 0.3 is 6.09 Å². The van der Waals surface area contributed by atoms with Gasteiger partial charge in [0.1, 0.15) is 5.60 Å². The third-order valence-electron chi connectivity index (χ3n) is 3.34. The molecule has 1 aliphatic rings. The van der Waals surface area contributed by atoms with E-state index >= 15 is 0 Å². The predicted molar refractivity (Wildman–Crippen MR) is 84.7 cm³/mol. The molecule has 4 nitrogen and oxygen atoms in total. The molecule has 21 heavy (non-hydrogen) atoms. The molecule has 1 aromatic carbocycles. The van der Waals surface area contributed by atoms with E-state index in [4.69, 9.17) is 33.7 Å². The van der Waals surface area contributed by atoms with E-state index in [2.05, 4.69) is 0 Å². The lowest BCUT2D eigenvalue weighted by Crippen LogP contribution is -2.36. The monoisotopic (exact) mass is 330 g/mol. The molecule has 1 aliphatic heterocycles. The first-order valence-electron chi connectivity index (χ1n) is 6.89. The molecule has 0 unspecified atom stereocenters. The lowest BCUT2D eigenvalue weighted by atomic mass is 10.0. The summed E-state index contributed by atoms with van der Waals surface area (Å²) >= 11 is 12.4. The van der Waals surface area contributed by atoms with Crippen LogP contribution in [0, 0.1) is 0 Å². The second kappa shape index (κ2) is 6.03. The van der Waals surface area contributed by atoms with Gasteiger partial charge in [-0.15, -0.1) is 0 Å². The molecule has 0 radical (unpaired) electrons. The molecule has 0 bridgehead atoms. The highest BCUT2D eigenvalue weighted by Crippen LogP contribution is 2.35. The molecule has 0 saturated carbocycles. The number of amides is 1. The van der Waals surface area contributed by atoms with Gasteiger partial charge in [0.25, 0.3) is 0 Å². The van der Waals surface area contributed by atoms with Gasteiger partial charge in [-0.1, -0.05) is 29.3 Å².